The molecule has 1 aromatic rings. The van der Waals surface area contributed by atoms with E-state index in [1.54, 1.807) is 12.1 Å². The first-order valence-corrected chi connectivity index (χ1v) is 6.04. The lowest BCUT2D eigenvalue weighted by Gasteiger charge is -2.42. The minimum absolute atomic E-state index is 0.0665. The zero-order valence-corrected chi connectivity index (χ0v) is 10.0. The molecule has 2 N–H and O–H groups in total. The number of anilines is 1. The predicted molar refractivity (Wildman–Crippen MR) is 65.3 cm³/mol. The standard InChI is InChI=1S/C12H13ClN2O2/c13-8-1-2-10-9(7-8)11(16)15-12(14-10)3-5-17-6-4-12/h1-2,7,14H,3-6H2,(H,15,16). The van der Waals surface area contributed by atoms with E-state index in [1.807, 2.05) is 6.07 Å². The van der Waals surface area contributed by atoms with Crippen molar-refractivity contribution in [2.24, 2.45) is 0 Å². The number of rotatable bonds is 0. The number of carbonyl (C=O) groups excluding carboxylic acids is 1. The van der Waals surface area contributed by atoms with Gasteiger partial charge in [-0.15, -0.1) is 0 Å². The van der Waals surface area contributed by atoms with Crippen molar-refractivity contribution in [3.05, 3.63) is 28.8 Å². The summed E-state index contributed by atoms with van der Waals surface area (Å²) >= 11 is 5.89. The molecule has 2 heterocycles. The van der Waals surface area contributed by atoms with Crippen molar-refractivity contribution in [3.63, 3.8) is 0 Å². The Bertz CT molecular complexity index is 470. The predicted octanol–water partition coefficient (Wildman–Crippen LogP) is 2.00. The highest BCUT2D eigenvalue weighted by atomic mass is 35.5. The fourth-order valence-corrected chi connectivity index (χ4v) is 2.53. The molecule has 0 atom stereocenters. The highest BCUT2D eigenvalue weighted by Gasteiger charge is 2.38. The van der Waals surface area contributed by atoms with Crippen LogP contribution in [0.15, 0.2) is 18.2 Å². The van der Waals surface area contributed by atoms with E-state index in [1.165, 1.54) is 0 Å². The Morgan fingerprint density at radius 3 is 2.76 bits per heavy atom. The fraction of sp³-hybridized carbons (Fsp3) is 0.417. The smallest absolute Gasteiger partial charge is 0.255 e. The lowest BCUT2D eigenvalue weighted by Crippen LogP contribution is -2.60. The first-order valence-electron chi connectivity index (χ1n) is 5.67. The molecule has 5 heteroatoms. The molecule has 2 aliphatic heterocycles. The summed E-state index contributed by atoms with van der Waals surface area (Å²) in [7, 11) is 0. The molecule has 17 heavy (non-hydrogen) atoms. The van der Waals surface area contributed by atoms with E-state index < -0.39 is 0 Å². The molecular weight excluding hydrogens is 240 g/mol. The molecule has 0 aliphatic carbocycles. The topological polar surface area (TPSA) is 50.4 Å². The first-order chi connectivity index (χ1) is 8.19. The van der Waals surface area contributed by atoms with Crippen LogP contribution in [-0.4, -0.2) is 24.8 Å². The molecule has 1 amide bonds. The molecule has 0 unspecified atom stereocenters. The molecule has 1 spiro atoms. The van der Waals surface area contributed by atoms with E-state index in [2.05, 4.69) is 10.6 Å². The number of benzene rings is 1. The van der Waals surface area contributed by atoms with Crippen molar-refractivity contribution in [1.82, 2.24) is 5.32 Å². The number of nitrogens with one attached hydrogen (secondary N) is 2. The number of carbonyl (C=O) groups is 1. The van der Waals surface area contributed by atoms with Crippen molar-refractivity contribution in [2.75, 3.05) is 18.5 Å². The maximum atomic E-state index is 12.1. The Morgan fingerprint density at radius 1 is 1.24 bits per heavy atom. The molecule has 2 aliphatic rings. The van der Waals surface area contributed by atoms with Gasteiger partial charge in [-0.3, -0.25) is 4.79 Å². The van der Waals surface area contributed by atoms with Crippen LogP contribution in [0.1, 0.15) is 23.2 Å². The van der Waals surface area contributed by atoms with Crippen LogP contribution in [-0.2, 0) is 4.74 Å². The second-order valence-electron chi connectivity index (χ2n) is 4.46. The third kappa shape index (κ3) is 1.87. The van der Waals surface area contributed by atoms with Gasteiger partial charge in [-0.25, -0.2) is 0 Å². The summed E-state index contributed by atoms with van der Waals surface area (Å²) in [6.45, 7) is 1.33. The van der Waals surface area contributed by atoms with Gasteiger partial charge in [0.15, 0.2) is 0 Å². The Hall–Kier alpha value is -1.26. The molecule has 90 valence electrons. The summed E-state index contributed by atoms with van der Waals surface area (Å²) in [5.41, 5.74) is 1.10. The summed E-state index contributed by atoms with van der Waals surface area (Å²) in [5, 5.41) is 7.00. The summed E-state index contributed by atoms with van der Waals surface area (Å²) < 4.78 is 5.33. The van der Waals surface area contributed by atoms with Crippen LogP contribution in [0.2, 0.25) is 5.02 Å². The summed E-state index contributed by atoms with van der Waals surface area (Å²) in [4.78, 5) is 12.1. The van der Waals surface area contributed by atoms with Gasteiger partial charge in [0.05, 0.1) is 18.8 Å². The molecule has 0 bridgehead atoms. The SMILES string of the molecule is O=C1NC2(CCOCC2)Nc2ccc(Cl)cc21. The average Bonchev–Trinajstić information content (AvgIpc) is 2.31. The Morgan fingerprint density at radius 2 is 2.00 bits per heavy atom. The zero-order chi connectivity index (χ0) is 11.9. The van der Waals surface area contributed by atoms with Crippen molar-refractivity contribution in [1.29, 1.82) is 0 Å². The Balaban J connectivity index is 1.97. The second kappa shape index (κ2) is 3.89. The fourth-order valence-electron chi connectivity index (χ4n) is 2.36. The Labute approximate surface area is 104 Å². The van der Waals surface area contributed by atoms with Gasteiger partial charge >= 0.3 is 0 Å². The third-order valence-corrected chi connectivity index (χ3v) is 3.53. The normalized spacial score (nSPS) is 21.6. The number of amides is 1. The van der Waals surface area contributed by atoms with E-state index in [4.69, 9.17) is 16.3 Å². The van der Waals surface area contributed by atoms with Crippen molar-refractivity contribution < 1.29 is 9.53 Å². The van der Waals surface area contributed by atoms with E-state index >= 15 is 0 Å². The molecule has 1 aromatic carbocycles. The third-order valence-electron chi connectivity index (χ3n) is 3.30. The first kappa shape index (κ1) is 10.9. The van der Waals surface area contributed by atoms with E-state index in [0.29, 0.717) is 23.8 Å². The van der Waals surface area contributed by atoms with Gasteiger partial charge in [-0.1, -0.05) is 11.6 Å². The van der Waals surface area contributed by atoms with Gasteiger partial charge in [0.1, 0.15) is 5.66 Å². The quantitative estimate of drug-likeness (QED) is 0.743. The maximum absolute atomic E-state index is 12.1. The molecule has 0 saturated carbocycles. The van der Waals surface area contributed by atoms with Gasteiger partial charge in [0.25, 0.3) is 5.91 Å². The lowest BCUT2D eigenvalue weighted by molar-refractivity contribution is 0.0436. The van der Waals surface area contributed by atoms with Gasteiger partial charge < -0.3 is 15.4 Å². The highest BCUT2D eigenvalue weighted by molar-refractivity contribution is 6.31. The number of hydrogen-bond donors (Lipinski definition) is 2. The zero-order valence-electron chi connectivity index (χ0n) is 9.25. The number of halogens is 1. The van der Waals surface area contributed by atoms with E-state index in [9.17, 15) is 4.79 Å². The van der Waals surface area contributed by atoms with Crippen molar-refractivity contribution in [2.45, 2.75) is 18.5 Å². The minimum Gasteiger partial charge on any atom is -0.381 e. The number of ether oxygens (including phenoxy) is 1. The van der Waals surface area contributed by atoms with Gasteiger partial charge in [-0.2, -0.15) is 0 Å². The maximum Gasteiger partial charge on any atom is 0.255 e. The summed E-state index contributed by atoms with van der Waals surface area (Å²) in [6.07, 6.45) is 1.56. The average molecular weight is 253 g/mol. The Kier molecular flexibility index (Phi) is 2.49. The van der Waals surface area contributed by atoms with Crippen LogP contribution in [0.3, 0.4) is 0 Å². The van der Waals surface area contributed by atoms with Crippen LogP contribution in [0, 0.1) is 0 Å². The largest absolute Gasteiger partial charge is 0.381 e. The monoisotopic (exact) mass is 252 g/mol. The van der Waals surface area contributed by atoms with E-state index in [0.717, 1.165) is 18.5 Å². The molecular formula is C12H13ClN2O2. The van der Waals surface area contributed by atoms with Crippen LogP contribution in [0.25, 0.3) is 0 Å². The van der Waals surface area contributed by atoms with Gasteiger partial charge in [-0.05, 0) is 18.2 Å². The van der Waals surface area contributed by atoms with Crippen LogP contribution >= 0.6 is 11.6 Å². The van der Waals surface area contributed by atoms with Crippen LogP contribution in [0.5, 0.6) is 0 Å². The molecule has 0 aromatic heterocycles. The van der Waals surface area contributed by atoms with Crippen molar-refractivity contribution in [3.8, 4) is 0 Å². The summed E-state index contributed by atoms with van der Waals surface area (Å²) in [6, 6.07) is 5.33. The van der Waals surface area contributed by atoms with E-state index in [-0.39, 0.29) is 11.6 Å². The molecule has 1 saturated heterocycles. The van der Waals surface area contributed by atoms with Crippen LogP contribution < -0.4 is 10.6 Å². The highest BCUT2D eigenvalue weighted by Crippen LogP contribution is 2.31. The molecule has 0 radical (unpaired) electrons. The minimum atomic E-state index is -0.351. The van der Waals surface area contributed by atoms with Gasteiger partial charge in [0.2, 0.25) is 0 Å². The molecule has 4 nitrogen and oxygen atoms in total. The summed E-state index contributed by atoms with van der Waals surface area (Å²) in [5.74, 6) is -0.0665. The van der Waals surface area contributed by atoms with Gasteiger partial charge in [0, 0.05) is 23.6 Å². The number of fused-ring (bicyclic) bond motifs is 1. The molecule has 3 rings (SSSR count). The number of hydrogen-bond acceptors (Lipinski definition) is 3. The molecule has 1 fully saturated rings. The van der Waals surface area contributed by atoms with Crippen molar-refractivity contribution >= 4 is 23.2 Å². The lowest BCUT2D eigenvalue weighted by atomic mass is 9.95. The van der Waals surface area contributed by atoms with Crippen LogP contribution in [0.4, 0.5) is 5.69 Å². The second-order valence-corrected chi connectivity index (χ2v) is 4.90.